The van der Waals surface area contributed by atoms with E-state index in [-0.39, 0.29) is 11.1 Å². The zero-order valence-electron chi connectivity index (χ0n) is 10.4. The molecule has 0 aliphatic heterocycles. The summed E-state index contributed by atoms with van der Waals surface area (Å²) in [5.41, 5.74) is 2.40. The highest BCUT2D eigenvalue weighted by atomic mass is 35.5. The third-order valence-corrected chi connectivity index (χ3v) is 2.89. The lowest BCUT2D eigenvalue weighted by Crippen LogP contribution is -2.13. The van der Waals surface area contributed by atoms with Gasteiger partial charge in [0, 0.05) is 11.3 Å². The van der Waals surface area contributed by atoms with Gasteiger partial charge < -0.3 is 5.32 Å². The van der Waals surface area contributed by atoms with Crippen LogP contribution in [0.4, 0.5) is 5.69 Å². The van der Waals surface area contributed by atoms with Crippen LogP contribution in [0.1, 0.15) is 21.7 Å². The van der Waals surface area contributed by atoms with E-state index in [9.17, 15) is 4.79 Å². The monoisotopic (exact) mass is 295 g/mol. The van der Waals surface area contributed by atoms with Crippen molar-refractivity contribution in [1.29, 1.82) is 0 Å². The van der Waals surface area contributed by atoms with Crippen molar-refractivity contribution in [3.05, 3.63) is 51.5 Å². The van der Waals surface area contributed by atoms with Crippen LogP contribution in [0.25, 0.3) is 0 Å². The third kappa shape index (κ3) is 3.43. The number of nitrogens with zero attached hydrogens (tertiary/aromatic N) is 2. The minimum Gasteiger partial charge on any atom is -0.320 e. The second-order valence-corrected chi connectivity index (χ2v) is 4.82. The SMILES string of the molecule is Cc1cc(C(=O)Nc2ccc(Cl)nc2C)cc(Cl)n1. The molecule has 0 aliphatic carbocycles. The van der Waals surface area contributed by atoms with Crippen LogP contribution in [0.2, 0.25) is 10.3 Å². The van der Waals surface area contributed by atoms with Gasteiger partial charge in [0.2, 0.25) is 0 Å². The minimum atomic E-state index is -0.264. The maximum absolute atomic E-state index is 12.1. The van der Waals surface area contributed by atoms with E-state index in [4.69, 9.17) is 23.2 Å². The highest BCUT2D eigenvalue weighted by Crippen LogP contribution is 2.17. The number of aryl methyl sites for hydroxylation is 2. The van der Waals surface area contributed by atoms with E-state index in [2.05, 4.69) is 15.3 Å². The molecule has 2 heterocycles. The smallest absolute Gasteiger partial charge is 0.255 e. The molecule has 1 amide bonds. The Morgan fingerprint density at radius 3 is 2.47 bits per heavy atom. The number of amides is 1. The molecule has 6 heteroatoms. The van der Waals surface area contributed by atoms with Gasteiger partial charge in [-0.2, -0.15) is 0 Å². The largest absolute Gasteiger partial charge is 0.320 e. The van der Waals surface area contributed by atoms with E-state index in [0.29, 0.717) is 27.8 Å². The summed E-state index contributed by atoms with van der Waals surface area (Å²) in [4.78, 5) is 20.2. The summed E-state index contributed by atoms with van der Waals surface area (Å²) < 4.78 is 0. The van der Waals surface area contributed by atoms with Gasteiger partial charge in [0.15, 0.2) is 0 Å². The molecule has 2 aromatic rings. The average molecular weight is 296 g/mol. The predicted octanol–water partition coefficient (Wildman–Crippen LogP) is 3.65. The van der Waals surface area contributed by atoms with Gasteiger partial charge in [0.05, 0.1) is 11.4 Å². The number of carbonyl (C=O) groups is 1. The second-order valence-electron chi connectivity index (χ2n) is 4.04. The first-order valence-electron chi connectivity index (χ1n) is 5.54. The molecule has 0 atom stereocenters. The zero-order valence-corrected chi connectivity index (χ0v) is 11.9. The molecule has 0 aromatic carbocycles. The molecule has 0 saturated carbocycles. The maximum Gasteiger partial charge on any atom is 0.255 e. The zero-order chi connectivity index (χ0) is 14.0. The normalized spacial score (nSPS) is 10.3. The van der Waals surface area contributed by atoms with Crippen LogP contribution in [0.15, 0.2) is 24.3 Å². The summed E-state index contributed by atoms with van der Waals surface area (Å²) in [6, 6.07) is 6.51. The number of pyridine rings is 2. The Hall–Kier alpha value is -1.65. The van der Waals surface area contributed by atoms with Crippen LogP contribution in [-0.2, 0) is 0 Å². The summed E-state index contributed by atoms with van der Waals surface area (Å²) in [5.74, 6) is -0.264. The third-order valence-electron chi connectivity index (χ3n) is 2.48. The molecule has 19 heavy (non-hydrogen) atoms. The van der Waals surface area contributed by atoms with Crippen molar-refractivity contribution < 1.29 is 4.79 Å². The molecule has 4 nitrogen and oxygen atoms in total. The Bertz CT molecular complexity index is 624. The molecule has 1 N–H and O–H groups in total. The van der Waals surface area contributed by atoms with E-state index < -0.39 is 0 Å². The van der Waals surface area contributed by atoms with Crippen molar-refractivity contribution >= 4 is 34.8 Å². The molecule has 0 radical (unpaired) electrons. The standard InChI is InChI=1S/C13H11Cl2N3O/c1-7-5-9(6-12(15)16-7)13(19)18-10-3-4-11(14)17-8(10)2/h3-6H,1-2H3,(H,18,19). The quantitative estimate of drug-likeness (QED) is 0.861. The van der Waals surface area contributed by atoms with Gasteiger partial charge in [0.25, 0.3) is 5.91 Å². The van der Waals surface area contributed by atoms with Crippen molar-refractivity contribution in [2.24, 2.45) is 0 Å². The van der Waals surface area contributed by atoms with Crippen molar-refractivity contribution in [2.75, 3.05) is 5.32 Å². The van der Waals surface area contributed by atoms with Crippen LogP contribution < -0.4 is 5.32 Å². The molecular formula is C13H11Cl2N3O. The van der Waals surface area contributed by atoms with Crippen LogP contribution in [0.3, 0.4) is 0 Å². The number of carbonyl (C=O) groups excluding carboxylic acids is 1. The molecule has 0 bridgehead atoms. The van der Waals surface area contributed by atoms with Crippen LogP contribution in [0, 0.1) is 13.8 Å². The van der Waals surface area contributed by atoms with Gasteiger partial charge in [-0.25, -0.2) is 9.97 Å². The number of anilines is 1. The molecule has 0 fully saturated rings. The van der Waals surface area contributed by atoms with Gasteiger partial charge in [0.1, 0.15) is 10.3 Å². The molecule has 0 aliphatic rings. The molecule has 0 spiro atoms. The van der Waals surface area contributed by atoms with Crippen LogP contribution >= 0.6 is 23.2 Å². The molecule has 0 saturated heterocycles. The van der Waals surface area contributed by atoms with Crippen LogP contribution in [0.5, 0.6) is 0 Å². The van der Waals surface area contributed by atoms with Gasteiger partial charge in [-0.1, -0.05) is 23.2 Å². The lowest BCUT2D eigenvalue weighted by molar-refractivity contribution is 0.102. The highest BCUT2D eigenvalue weighted by molar-refractivity contribution is 6.30. The number of hydrogen-bond donors (Lipinski definition) is 1. The summed E-state index contributed by atoms with van der Waals surface area (Å²) in [5, 5.41) is 3.44. The fourth-order valence-electron chi connectivity index (χ4n) is 1.62. The Balaban J connectivity index is 2.25. The first-order chi connectivity index (χ1) is 8.95. The number of halogens is 2. The fourth-order valence-corrected chi connectivity index (χ4v) is 2.06. The van der Waals surface area contributed by atoms with Gasteiger partial charge in [-0.05, 0) is 38.1 Å². The highest BCUT2D eigenvalue weighted by Gasteiger charge is 2.10. The Labute approximate surface area is 120 Å². The van der Waals surface area contributed by atoms with Crippen molar-refractivity contribution in [3.8, 4) is 0 Å². The van der Waals surface area contributed by atoms with Gasteiger partial charge in [-0.3, -0.25) is 4.79 Å². The summed E-state index contributed by atoms with van der Waals surface area (Å²) >= 11 is 11.6. The first-order valence-corrected chi connectivity index (χ1v) is 6.30. The van der Waals surface area contributed by atoms with Crippen molar-refractivity contribution in [3.63, 3.8) is 0 Å². The topological polar surface area (TPSA) is 54.9 Å². The van der Waals surface area contributed by atoms with E-state index in [1.165, 1.54) is 6.07 Å². The summed E-state index contributed by atoms with van der Waals surface area (Å²) in [6.45, 7) is 3.55. The number of nitrogens with one attached hydrogen (secondary N) is 1. The summed E-state index contributed by atoms with van der Waals surface area (Å²) in [7, 11) is 0. The van der Waals surface area contributed by atoms with Crippen LogP contribution in [-0.4, -0.2) is 15.9 Å². The lowest BCUT2D eigenvalue weighted by Gasteiger charge is -2.08. The van der Waals surface area contributed by atoms with Gasteiger partial charge in [-0.15, -0.1) is 0 Å². The lowest BCUT2D eigenvalue weighted by atomic mass is 10.2. The number of rotatable bonds is 2. The van der Waals surface area contributed by atoms with E-state index >= 15 is 0 Å². The second kappa shape index (κ2) is 5.55. The Kier molecular flexibility index (Phi) is 4.02. The van der Waals surface area contributed by atoms with Crippen molar-refractivity contribution in [1.82, 2.24) is 9.97 Å². The summed E-state index contributed by atoms with van der Waals surface area (Å²) in [6.07, 6.45) is 0. The first kappa shape index (κ1) is 13.8. The molecule has 0 unspecified atom stereocenters. The predicted molar refractivity (Wildman–Crippen MR) is 75.9 cm³/mol. The maximum atomic E-state index is 12.1. The van der Waals surface area contributed by atoms with Crippen molar-refractivity contribution in [2.45, 2.75) is 13.8 Å². The van der Waals surface area contributed by atoms with Gasteiger partial charge >= 0.3 is 0 Å². The number of aromatic nitrogens is 2. The van der Waals surface area contributed by atoms with E-state index in [0.717, 1.165) is 0 Å². The average Bonchev–Trinajstić information content (AvgIpc) is 2.31. The molecular weight excluding hydrogens is 285 g/mol. The molecule has 98 valence electrons. The Morgan fingerprint density at radius 2 is 1.84 bits per heavy atom. The fraction of sp³-hybridized carbons (Fsp3) is 0.154. The Morgan fingerprint density at radius 1 is 1.11 bits per heavy atom. The molecule has 2 rings (SSSR count). The van der Waals surface area contributed by atoms with E-state index in [1.54, 1.807) is 32.0 Å². The molecule has 2 aromatic heterocycles. The number of hydrogen-bond acceptors (Lipinski definition) is 3. The minimum absolute atomic E-state index is 0.264. The van der Waals surface area contributed by atoms with E-state index in [1.807, 2.05) is 0 Å².